The van der Waals surface area contributed by atoms with Crippen LogP contribution in [0.25, 0.3) is 0 Å². The van der Waals surface area contributed by atoms with Crippen LogP contribution < -0.4 is 0 Å². The number of aliphatic hydroxyl groups is 1. The molecule has 4 heteroatoms. The van der Waals surface area contributed by atoms with Crippen molar-refractivity contribution in [2.24, 2.45) is 0 Å². The lowest BCUT2D eigenvalue weighted by molar-refractivity contribution is -0.139. The molecule has 1 heterocycles. The third-order valence-electron chi connectivity index (χ3n) is 1.44. The normalized spacial score (nSPS) is 40.5. The lowest BCUT2D eigenvalue weighted by Gasteiger charge is -2.19. The van der Waals surface area contributed by atoms with Crippen LogP contribution in [0, 0.1) is 0 Å². The average molecular weight is 167 g/mol. The van der Waals surface area contributed by atoms with Gasteiger partial charge in [0.25, 0.3) is 0 Å². The minimum atomic E-state index is -0.686. The number of aliphatic hydroxyl groups excluding tert-OH is 1. The highest BCUT2D eigenvalue weighted by atomic mass is 35.5. The molecule has 0 aromatic rings. The molecule has 0 aliphatic carbocycles. The monoisotopic (exact) mass is 166 g/mol. The second-order valence-corrected chi connectivity index (χ2v) is 2.77. The van der Waals surface area contributed by atoms with Gasteiger partial charge in [-0.25, -0.2) is 0 Å². The SMILES string of the molecule is CC1(CCl)OCC(CO)O1. The molecule has 2 unspecified atom stereocenters. The van der Waals surface area contributed by atoms with Crippen LogP contribution in [0.4, 0.5) is 0 Å². The van der Waals surface area contributed by atoms with E-state index in [4.69, 9.17) is 26.2 Å². The van der Waals surface area contributed by atoms with Gasteiger partial charge in [0.2, 0.25) is 0 Å². The predicted molar refractivity (Wildman–Crippen MR) is 37.0 cm³/mol. The Morgan fingerprint density at radius 3 is 2.80 bits per heavy atom. The molecule has 2 atom stereocenters. The van der Waals surface area contributed by atoms with Crippen LogP contribution >= 0.6 is 11.6 Å². The van der Waals surface area contributed by atoms with E-state index in [-0.39, 0.29) is 12.7 Å². The maximum absolute atomic E-state index is 8.65. The van der Waals surface area contributed by atoms with Crippen LogP contribution in [0.2, 0.25) is 0 Å². The zero-order valence-corrected chi connectivity index (χ0v) is 6.60. The topological polar surface area (TPSA) is 38.7 Å². The van der Waals surface area contributed by atoms with Crippen molar-refractivity contribution in [1.82, 2.24) is 0 Å². The molecule has 1 N–H and O–H groups in total. The van der Waals surface area contributed by atoms with E-state index < -0.39 is 5.79 Å². The molecule has 0 aromatic carbocycles. The molecule has 60 valence electrons. The number of rotatable bonds is 2. The summed E-state index contributed by atoms with van der Waals surface area (Å²) >= 11 is 5.54. The van der Waals surface area contributed by atoms with Gasteiger partial charge in [0.1, 0.15) is 6.10 Å². The first-order valence-electron chi connectivity index (χ1n) is 3.19. The van der Waals surface area contributed by atoms with Crippen LogP contribution in [0.15, 0.2) is 0 Å². The van der Waals surface area contributed by atoms with E-state index in [0.29, 0.717) is 12.5 Å². The van der Waals surface area contributed by atoms with Gasteiger partial charge in [-0.3, -0.25) is 0 Å². The Morgan fingerprint density at radius 1 is 1.80 bits per heavy atom. The van der Waals surface area contributed by atoms with Crippen molar-refractivity contribution in [2.75, 3.05) is 19.1 Å². The molecule has 1 aliphatic heterocycles. The maximum Gasteiger partial charge on any atom is 0.179 e. The van der Waals surface area contributed by atoms with Gasteiger partial charge in [0, 0.05) is 0 Å². The molecule has 1 saturated heterocycles. The fourth-order valence-electron chi connectivity index (χ4n) is 0.850. The summed E-state index contributed by atoms with van der Waals surface area (Å²) in [5, 5.41) is 8.65. The predicted octanol–water partition coefficient (Wildman–Crippen LogP) is 0.349. The summed E-state index contributed by atoms with van der Waals surface area (Å²) in [5.41, 5.74) is 0. The van der Waals surface area contributed by atoms with Gasteiger partial charge in [-0.1, -0.05) is 0 Å². The molecular weight excluding hydrogens is 156 g/mol. The quantitative estimate of drug-likeness (QED) is 0.602. The number of halogens is 1. The highest BCUT2D eigenvalue weighted by Gasteiger charge is 2.35. The Labute approximate surface area is 64.9 Å². The standard InChI is InChI=1S/C6H11ClO3/c1-6(4-7)9-3-5(2-8)10-6/h5,8H,2-4H2,1H3. The van der Waals surface area contributed by atoms with Gasteiger partial charge in [0.05, 0.1) is 19.1 Å². The first kappa shape index (κ1) is 8.27. The fraction of sp³-hybridized carbons (Fsp3) is 1.00. The molecule has 0 bridgehead atoms. The Balaban J connectivity index is 2.41. The molecule has 0 radical (unpaired) electrons. The number of alkyl halides is 1. The van der Waals surface area contributed by atoms with Gasteiger partial charge in [-0.2, -0.15) is 0 Å². The summed E-state index contributed by atoms with van der Waals surface area (Å²) in [5.74, 6) is -0.390. The van der Waals surface area contributed by atoms with E-state index in [2.05, 4.69) is 0 Å². The number of ether oxygens (including phenoxy) is 2. The van der Waals surface area contributed by atoms with E-state index >= 15 is 0 Å². The second-order valence-electron chi connectivity index (χ2n) is 2.50. The Kier molecular flexibility index (Phi) is 2.52. The molecule has 0 aromatic heterocycles. The number of hydrogen-bond acceptors (Lipinski definition) is 3. The van der Waals surface area contributed by atoms with Gasteiger partial charge in [-0.15, -0.1) is 11.6 Å². The zero-order valence-electron chi connectivity index (χ0n) is 5.84. The molecular formula is C6H11ClO3. The highest BCUT2D eigenvalue weighted by Crippen LogP contribution is 2.23. The van der Waals surface area contributed by atoms with Crippen molar-refractivity contribution >= 4 is 11.6 Å². The van der Waals surface area contributed by atoms with Gasteiger partial charge in [-0.05, 0) is 6.92 Å². The maximum atomic E-state index is 8.65. The molecule has 1 fully saturated rings. The lowest BCUT2D eigenvalue weighted by Crippen LogP contribution is -2.29. The van der Waals surface area contributed by atoms with E-state index in [0.717, 1.165) is 0 Å². The summed E-state index contributed by atoms with van der Waals surface area (Å²) in [6.07, 6.45) is -0.205. The average Bonchev–Trinajstić information content (AvgIpc) is 2.33. The van der Waals surface area contributed by atoms with Gasteiger partial charge in [0.15, 0.2) is 5.79 Å². The number of hydrogen-bond donors (Lipinski definition) is 1. The van der Waals surface area contributed by atoms with Crippen LogP contribution in [-0.2, 0) is 9.47 Å². The van der Waals surface area contributed by atoms with Crippen molar-refractivity contribution in [3.63, 3.8) is 0 Å². The highest BCUT2D eigenvalue weighted by molar-refractivity contribution is 6.18. The summed E-state index contributed by atoms with van der Waals surface area (Å²) in [7, 11) is 0. The molecule has 0 spiro atoms. The summed E-state index contributed by atoms with van der Waals surface area (Å²) in [6, 6.07) is 0. The molecule has 1 aliphatic rings. The largest absolute Gasteiger partial charge is 0.394 e. The minimum absolute atomic E-state index is 0.00746. The summed E-state index contributed by atoms with van der Waals surface area (Å²) in [6.45, 7) is 2.18. The van der Waals surface area contributed by atoms with Crippen molar-refractivity contribution in [3.05, 3.63) is 0 Å². The lowest BCUT2D eigenvalue weighted by atomic mass is 10.4. The van der Waals surface area contributed by atoms with E-state index in [9.17, 15) is 0 Å². The molecule has 3 nitrogen and oxygen atoms in total. The smallest absolute Gasteiger partial charge is 0.179 e. The molecule has 0 saturated carbocycles. The van der Waals surface area contributed by atoms with E-state index in [1.54, 1.807) is 6.92 Å². The summed E-state index contributed by atoms with van der Waals surface area (Å²) in [4.78, 5) is 0. The molecule has 1 rings (SSSR count). The third-order valence-corrected chi connectivity index (χ3v) is 1.92. The van der Waals surface area contributed by atoms with Crippen molar-refractivity contribution in [3.8, 4) is 0 Å². The Morgan fingerprint density at radius 2 is 2.50 bits per heavy atom. The van der Waals surface area contributed by atoms with Crippen LogP contribution in [-0.4, -0.2) is 36.1 Å². The van der Waals surface area contributed by atoms with Crippen LogP contribution in [0.3, 0.4) is 0 Å². The Bertz CT molecular complexity index is 120. The summed E-state index contributed by atoms with van der Waals surface area (Å²) < 4.78 is 10.4. The van der Waals surface area contributed by atoms with Crippen LogP contribution in [0.1, 0.15) is 6.92 Å². The van der Waals surface area contributed by atoms with Crippen molar-refractivity contribution < 1.29 is 14.6 Å². The minimum Gasteiger partial charge on any atom is -0.394 e. The van der Waals surface area contributed by atoms with Crippen molar-refractivity contribution in [1.29, 1.82) is 0 Å². The van der Waals surface area contributed by atoms with E-state index in [1.165, 1.54) is 0 Å². The second kappa shape index (κ2) is 3.05. The third kappa shape index (κ3) is 1.61. The molecule has 0 amide bonds. The first-order valence-corrected chi connectivity index (χ1v) is 3.72. The van der Waals surface area contributed by atoms with Gasteiger partial charge < -0.3 is 14.6 Å². The van der Waals surface area contributed by atoms with E-state index in [1.807, 2.05) is 0 Å². The fourth-order valence-corrected chi connectivity index (χ4v) is 0.990. The van der Waals surface area contributed by atoms with Crippen molar-refractivity contribution in [2.45, 2.75) is 18.8 Å². The molecule has 10 heavy (non-hydrogen) atoms. The zero-order chi connectivity index (χ0) is 7.61. The van der Waals surface area contributed by atoms with Gasteiger partial charge >= 0.3 is 0 Å². The van der Waals surface area contributed by atoms with Crippen LogP contribution in [0.5, 0.6) is 0 Å². The first-order chi connectivity index (χ1) is 4.70. The Hall–Kier alpha value is 0.170.